The largest absolute Gasteiger partial charge is 0.344 e. The van der Waals surface area contributed by atoms with Crippen molar-refractivity contribution in [2.24, 2.45) is 0 Å². The van der Waals surface area contributed by atoms with Crippen LogP contribution in [-0.2, 0) is 4.79 Å². The molecule has 2 aromatic heterocycles. The van der Waals surface area contributed by atoms with Crippen LogP contribution in [0.3, 0.4) is 0 Å². The van der Waals surface area contributed by atoms with Gasteiger partial charge in [0.1, 0.15) is 0 Å². The van der Waals surface area contributed by atoms with Gasteiger partial charge in [0, 0.05) is 37.6 Å². The molecule has 1 saturated carbocycles. The first-order valence-electron chi connectivity index (χ1n) is 8.25. The first-order chi connectivity index (χ1) is 12.1. The molecular weight excluding hydrogens is 336 g/mol. The van der Waals surface area contributed by atoms with E-state index in [1.165, 1.54) is 11.8 Å². The molecule has 0 saturated heterocycles. The zero-order chi connectivity index (χ0) is 17.8. The Bertz CT molecular complexity index is 780. The average Bonchev–Trinajstić information content (AvgIpc) is 3.40. The van der Waals surface area contributed by atoms with Gasteiger partial charge in [-0.25, -0.2) is 0 Å². The lowest BCUT2D eigenvalue weighted by molar-refractivity contribution is -0.128. The first-order valence-corrected chi connectivity index (χ1v) is 9.13. The molecule has 0 bridgehead atoms. The highest BCUT2D eigenvalue weighted by Gasteiger charge is 2.31. The minimum Gasteiger partial charge on any atom is -0.344 e. The van der Waals surface area contributed by atoms with E-state index < -0.39 is 0 Å². The Kier molecular flexibility index (Phi) is 5.34. The van der Waals surface area contributed by atoms with E-state index in [4.69, 9.17) is 5.26 Å². The van der Waals surface area contributed by atoms with Gasteiger partial charge in [-0.2, -0.15) is 5.26 Å². The van der Waals surface area contributed by atoms with E-state index in [1.54, 1.807) is 24.3 Å². The summed E-state index contributed by atoms with van der Waals surface area (Å²) >= 11 is 1.42. The van der Waals surface area contributed by atoms with E-state index in [2.05, 4.69) is 25.8 Å². The number of amides is 1. The lowest BCUT2D eigenvalue weighted by atomic mass is 10.2. The number of rotatable bonds is 7. The second-order valence-corrected chi connectivity index (χ2v) is 7.38. The van der Waals surface area contributed by atoms with Crippen LogP contribution in [0.1, 0.15) is 32.2 Å². The van der Waals surface area contributed by atoms with Crippen molar-refractivity contribution in [2.75, 3.05) is 13.6 Å². The SMILES string of the molecule is C[C@H](Sc1nnc(-c2ccncc2)n1C1CC1)C(=O)N(C)CCC#N. The minimum atomic E-state index is -0.282. The van der Waals surface area contributed by atoms with Gasteiger partial charge in [-0.1, -0.05) is 11.8 Å². The van der Waals surface area contributed by atoms with Crippen molar-refractivity contribution in [1.29, 1.82) is 5.26 Å². The average molecular weight is 356 g/mol. The number of carbonyl (C=O) groups excluding carboxylic acids is 1. The lowest BCUT2D eigenvalue weighted by Gasteiger charge is -2.20. The highest BCUT2D eigenvalue weighted by molar-refractivity contribution is 8.00. The molecule has 0 spiro atoms. The Hall–Kier alpha value is -2.40. The van der Waals surface area contributed by atoms with Crippen LogP contribution in [0.2, 0.25) is 0 Å². The third-order valence-corrected chi connectivity index (χ3v) is 5.12. The molecule has 1 atom stereocenters. The smallest absolute Gasteiger partial charge is 0.235 e. The zero-order valence-electron chi connectivity index (χ0n) is 14.3. The second-order valence-electron chi connectivity index (χ2n) is 6.07. The van der Waals surface area contributed by atoms with E-state index in [1.807, 2.05) is 19.1 Å². The van der Waals surface area contributed by atoms with Crippen LogP contribution in [0.25, 0.3) is 11.4 Å². The highest BCUT2D eigenvalue weighted by Crippen LogP contribution is 2.41. The van der Waals surface area contributed by atoms with Gasteiger partial charge < -0.3 is 4.90 Å². The molecule has 2 heterocycles. The van der Waals surface area contributed by atoms with Crippen molar-refractivity contribution in [3.63, 3.8) is 0 Å². The third kappa shape index (κ3) is 3.99. The summed E-state index contributed by atoms with van der Waals surface area (Å²) in [6.07, 6.45) is 6.03. The van der Waals surface area contributed by atoms with Crippen LogP contribution < -0.4 is 0 Å². The van der Waals surface area contributed by atoms with Crippen molar-refractivity contribution in [3.05, 3.63) is 24.5 Å². The van der Waals surface area contributed by atoms with Crippen LogP contribution in [0.15, 0.2) is 29.7 Å². The second kappa shape index (κ2) is 7.66. The fourth-order valence-electron chi connectivity index (χ4n) is 2.56. The van der Waals surface area contributed by atoms with Gasteiger partial charge in [0.25, 0.3) is 0 Å². The van der Waals surface area contributed by atoms with E-state index in [9.17, 15) is 4.79 Å². The van der Waals surface area contributed by atoms with E-state index in [-0.39, 0.29) is 11.2 Å². The Morgan fingerprint density at radius 1 is 1.44 bits per heavy atom. The van der Waals surface area contributed by atoms with Crippen molar-refractivity contribution < 1.29 is 4.79 Å². The van der Waals surface area contributed by atoms with Gasteiger partial charge in [0.05, 0.1) is 17.7 Å². The fourth-order valence-corrected chi connectivity index (χ4v) is 3.60. The maximum Gasteiger partial charge on any atom is 0.235 e. The van der Waals surface area contributed by atoms with Crippen LogP contribution >= 0.6 is 11.8 Å². The Labute approximate surface area is 151 Å². The molecule has 0 unspecified atom stereocenters. The van der Waals surface area contributed by atoms with Gasteiger partial charge >= 0.3 is 0 Å². The van der Waals surface area contributed by atoms with Crippen LogP contribution in [0, 0.1) is 11.3 Å². The molecule has 1 aliphatic rings. The normalized spacial score (nSPS) is 14.8. The van der Waals surface area contributed by atoms with E-state index in [0.717, 1.165) is 29.4 Å². The monoisotopic (exact) mass is 356 g/mol. The minimum absolute atomic E-state index is 0.00365. The summed E-state index contributed by atoms with van der Waals surface area (Å²) in [6.45, 7) is 2.31. The van der Waals surface area contributed by atoms with E-state index >= 15 is 0 Å². The highest BCUT2D eigenvalue weighted by atomic mass is 32.2. The van der Waals surface area contributed by atoms with Crippen molar-refractivity contribution in [2.45, 2.75) is 42.6 Å². The molecule has 0 aliphatic heterocycles. The summed E-state index contributed by atoms with van der Waals surface area (Å²) in [6, 6.07) is 6.30. The summed E-state index contributed by atoms with van der Waals surface area (Å²) in [5.41, 5.74) is 0.978. The molecule has 0 N–H and O–H groups in total. The Morgan fingerprint density at radius 2 is 2.16 bits per heavy atom. The van der Waals surface area contributed by atoms with Gasteiger partial charge in [-0.3, -0.25) is 14.3 Å². The number of nitrogens with zero attached hydrogens (tertiary/aromatic N) is 6. The quantitative estimate of drug-likeness (QED) is 0.709. The van der Waals surface area contributed by atoms with Crippen LogP contribution in [0.5, 0.6) is 0 Å². The zero-order valence-corrected chi connectivity index (χ0v) is 15.1. The molecule has 8 heteroatoms. The number of hydrogen-bond acceptors (Lipinski definition) is 6. The molecule has 0 radical (unpaired) electrons. The molecule has 1 fully saturated rings. The maximum absolute atomic E-state index is 12.5. The third-order valence-electron chi connectivity index (χ3n) is 4.08. The molecule has 7 nitrogen and oxygen atoms in total. The number of aromatic nitrogens is 4. The van der Waals surface area contributed by atoms with Gasteiger partial charge in [-0.05, 0) is 31.9 Å². The first kappa shape index (κ1) is 17.4. The molecular formula is C17H20N6OS. The molecule has 130 valence electrons. The fraction of sp³-hybridized carbons (Fsp3) is 0.471. The Balaban J connectivity index is 1.78. The van der Waals surface area contributed by atoms with Crippen LogP contribution in [-0.4, -0.2) is 49.4 Å². The van der Waals surface area contributed by atoms with Gasteiger partial charge in [-0.15, -0.1) is 10.2 Å². The number of thioether (sulfide) groups is 1. The number of pyridine rings is 1. The van der Waals surface area contributed by atoms with Crippen molar-refractivity contribution in [3.8, 4) is 17.5 Å². The molecule has 3 rings (SSSR count). The summed E-state index contributed by atoms with van der Waals surface area (Å²) < 4.78 is 2.14. The number of nitriles is 1. The van der Waals surface area contributed by atoms with Crippen molar-refractivity contribution in [1.82, 2.24) is 24.6 Å². The van der Waals surface area contributed by atoms with E-state index in [0.29, 0.717) is 19.0 Å². The van der Waals surface area contributed by atoms with Gasteiger partial charge in [0.15, 0.2) is 11.0 Å². The number of carbonyl (C=O) groups is 1. The Morgan fingerprint density at radius 3 is 2.80 bits per heavy atom. The molecule has 25 heavy (non-hydrogen) atoms. The number of hydrogen-bond donors (Lipinski definition) is 0. The maximum atomic E-state index is 12.5. The summed E-state index contributed by atoms with van der Waals surface area (Å²) in [4.78, 5) is 18.1. The molecule has 1 aliphatic carbocycles. The molecule has 2 aromatic rings. The molecule has 0 aromatic carbocycles. The van der Waals surface area contributed by atoms with Crippen molar-refractivity contribution >= 4 is 17.7 Å². The predicted molar refractivity (Wildman–Crippen MR) is 94.7 cm³/mol. The van der Waals surface area contributed by atoms with Crippen LogP contribution in [0.4, 0.5) is 0 Å². The topological polar surface area (TPSA) is 87.7 Å². The standard InChI is InChI=1S/C17H20N6OS/c1-12(16(24)22(2)11-3-8-18)25-17-21-20-15(23(17)14-4-5-14)13-6-9-19-10-7-13/h6-7,9-10,12,14H,3-5,11H2,1-2H3/t12-/m0/s1. The summed E-state index contributed by atoms with van der Waals surface area (Å²) in [5, 5.41) is 17.8. The lowest BCUT2D eigenvalue weighted by Crippen LogP contribution is -2.34. The molecule has 1 amide bonds. The predicted octanol–water partition coefficient (Wildman–Crippen LogP) is 2.53. The summed E-state index contributed by atoms with van der Waals surface area (Å²) in [7, 11) is 1.73. The van der Waals surface area contributed by atoms with Gasteiger partial charge in [0.2, 0.25) is 5.91 Å². The summed E-state index contributed by atoms with van der Waals surface area (Å²) in [5.74, 6) is 0.820.